The van der Waals surface area contributed by atoms with Crippen molar-refractivity contribution in [3.05, 3.63) is 0 Å². The molecule has 0 radical (unpaired) electrons. The van der Waals surface area contributed by atoms with Crippen molar-refractivity contribution < 1.29 is 43.9 Å². The molecule has 13 heteroatoms. The SMILES string of the molecule is CC(=O)N[C@H]1C(O)[C@@H](O)C(CO)O[C@H]1OCCCCC(=O)NCCCNC(=O)OCI. The Morgan fingerprint density at radius 1 is 1.06 bits per heavy atom. The molecule has 2 unspecified atom stereocenters. The lowest BCUT2D eigenvalue weighted by atomic mass is 9.97. The second-order valence-corrected chi connectivity index (χ2v) is 7.55. The van der Waals surface area contributed by atoms with E-state index in [9.17, 15) is 29.7 Å². The van der Waals surface area contributed by atoms with Crippen LogP contribution < -0.4 is 16.0 Å². The predicted octanol–water partition coefficient (Wildman–Crippen LogP) is -1.26. The van der Waals surface area contributed by atoms with Crippen LogP contribution in [0, 0.1) is 0 Å². The predicted molar refractivity (Wildman–Crippen MR) is 116 cm³/mol. The highest BCUT2D eigenvalue weighted by Gasteiger charge is 2.45. The first-order valence-corrected chi connectivity index (χ1v) is 11.6. The van der Waals surface area contributed by atoms with Crippen molar-refractivity contribution in [2.75, 3.05) is 30.9 Å². The van der Waals surface area contributed by atoms with Crippen LogP contribution in [-0.2, 0) is 23.8 Å². The minimum absolute atomic E-state index is 0.126. The number of aliphatic hydroxyl groups excluding tert-OH is 3. The number of halogens is 1. The summed E-state index contributed by atoms with van der Waals surface area (Å²) in [4.78, 5) is 34.3. The monoisotopic (exact) mass is 561 g/mol. The Kier molecular flexibility index (Phi) is 13.9. The zero-order valence-electron chi connectivity index (χ0n) is 17.4. The Morgan fingerprint density at radius 3 is 2.42 bits per heavy atom. The number of hydrogen-bond donors (Lipinski definition) is 6. The first-order chi connectivity index (χ1) is 14.8. The lowest BCUT2D eigenvalue weighted by Gasteiger charge is -2.42. The van der Waals surface area contributed by atoms with Crippen LogP contribution in [0.2, 0.25) is 0 Å². The van der Waals surface area contributed by atoms with E-state index in [1.54, 1.807) is 0 Å². The third-order valence-electron chi connectivity index (χ3n) is 4.46. The number of unbranched alkanes of at least 4 members (excludes halogenated alkanes) is 1. The second-order valence-electron chi connectivity index (χ2n) is 6.93. The molecule has 1 rings (SSSR count). The molecule has 12 nitrogen and oxygen atoms in total. The van der Waals surface area contributed by atoms with E-state index >= 15 is 0 Å². The van der Waals surface area contributed by atoms with E-state index in [1.807, 2.05) is 22.6 Å². The molecule has 31 heavy (non-hydrogen) atoms. The number of alkyl halides is 1. The summed E-state index contributed by atoms with van der Waals surface area (Å²) < 4.78 is 16.0. The number of nitrogens with one attached hydrogen (secondary N) is 3. The van der Waals surface area contributed by atoms with Crippen molar-refractivity contribution in [3.63, 3.8) is 0 Å². The average Bonchev–Trinajstić information content (AvgIpc) is 2.72. The Morgan fingerprint density at radius 2 is 1.77 bits per heavy atom. The highest BCUT2D eigenvalue weighted by molar-refractivity contribution is 14.1. The van der Waals surface area contributed by atoms with Crippen molar-refractivity contribution in [3.8, 4) is 0 Å². The molecule has 1 heterocycles. The van der Waals surface area contributed by atoms with E-state index in [1.165, 1.54) is 6.92 Å². The molecule has 0 aromatic rings. The van der Waals surface area contributed by atoms with Crippen molar-refractivity contribution in [2.24, 2.45) is 0 Å². The molecule has 0 aromatic carbocycles. The highest BCUT2D eigenvalue weighted by Crippen LogP contribution is 2.22. The number of alkyl carbamates (subject to hydrolysis) is 1. The number of ether oxygens (including phenoxy) is 3. The van der Waals surface area contributed by atoms with E-state index in [-0.39, 0.29) is 23.5 Å². The van der Waals surface area contributed by atoms with Gasteiger partial charge in [0, 0.05) is 33.0 Å². The van der Waals surface area contributed by atoms with Gasteiger partial charge >= 0.3 is 6.09 Å². The molecular weight excluding hydrogens is 529 g/mol. The van der Waals surface area contributed by atoms with Gasteiger partial charge in [-0.1, -0.05) is 0 Å². The van der Waals surface area contributed by atoms with Crippen LogP contribution in [0.5, 0.6) is 0 Å². The van der Waals surface area contributed by atoms with Gasteiger partial charge < -0.3 is 45.5 Å². The van der Waals surface area contributed by atoms with E-state index in [4.69, 9.17) is 14.2 Å². The number of rotatable bonds is 13. The lowest BCUT2D eigenvalue weighted by molar-refractivity contribution is -0.270. The Bertz CT molecular complexity index is 569. The normalized spacial score (nSPS) is 25.5. The summed E-state index contributed by atoms with van der Waals surface area (Å²) in [6.07, 6.45) is -3.36. The molecule has 1 aliphatic heterocycles. The standard InChI is InChI=1S/C18H32IN3O9/c1-11(24)22-14-16(27)15(26)12(9-23)31-17(14)29-8-3-2-5-13(25)20-6-4-7-21-18(28)30-10-19/h12,14-17,23,26-27H,2-10H2,1H3,(H,20,25)(H,21,28)(H,22,24)/t12?,14-,15-,16?,17+/m0/s1. The number of carbonyl (C=O) groups excluding carboxylic acids is 3. The summed E-state index contributed by atoms with van der Waals surface area (Å²) in [5.41, 5.74) is 0. The molecular formula is C18H32IN3O9. The van der Waals surface area contributed by atoms with Gasteiger partial charge in [-0.15, -0.1) is 0 Å². The first-order valence-electron chi connectivity index (χ1n) is 10.0. The molecule has 1 fully saturated rings. The molecule has 1 aliphatic rings. The largest absolute Gasteiger partial charge is 0.439 e. The molecule has 0 aromatic heterocycles. The lowest BCUT2D eigenvalue weighted by Crippen LogP contribution is -2.64. The van der Waals surface area contributed by atoms with Crippen molar-refractivity contribution in [1.29, 1.82) is 0 Å². The summed E-state index contributed by atoms with van der Waals surface area (Å²) in [7, 11) is 0. The van der Waals surface area contributed by atoms with E-state index in [2.05, 4.69) is 16.0 Å². The molecule has 0 spiro atoms. The third-order valence-corrected chi connectivity index (χ3v) is 4.77. The molecule has 6 N–H and O–H groups in total. The van der Waals surface area contributed by atoms with Crippen LogP contribution in [0.25, 0.3) is 0 Å². The van der Waals surface area contributed by atoms with Gasteiger partial charge in [-0.2, -0.15) is 0 Å². The van der Waals surface area contributed by atoms with Gasteiger partial charge in [-0.05, 0) is 41.9 Å². The Hall–Kier alpha value is -1.26. The maximum absolute atomic E-state index is 11.8. The topological polar surface area (TPSA) is 176 Å². The minimum atomic E-state index is -1.36. The van der Waals surface area contributed by atoms with E-state index < -0.39 is 49.3 Å². The van der Waals surface area contributed by atoms with Gasteiger partial charge in [-0.25, -0.2) is 4.79 Å². The van der Waals surface area contributed by atoms with E-state index in [0.717, 1.165) is 0 Å². The number of aliphatic hydroxyl groups is 3. The van der Waals surface area contributed by atoms with Crippen LogP contribution >= 0.6 is 22.6 Å². The van der Waals surface area contributed by atoms with Gasteiger partial charge in [-0.3, -0.25) is 9.59 Å². The smallest absolute Gasteiger partial charge is 0.407 e. The quantitative estimate of drug-likeness (QED) is 0.0911. The van der Waals surface area contributed by atoms with E-state index in [0.29, 0.717) is 32.4 Å². The minimum Gasteiger partial charge on any atom is -0.439 e. The van der Waals surface area contributed by atoms with Crippen LogP contribution in [-0.4, -0.2) is 94.8 Å². The van der Waals surface area contributed by atoms with Gasteiger partial charge in [0.15, 0.2) is 6.29 Å². The molecule has 180 valence electrons. The Labute approximate surface area is 194 Å². The van der Waals surface area contributed by atoms with Crippen LogP contribution in [0.1, 0.15) is 32.6 Å². The fraction of sp³-hybridized carbons (Fsp3) is 0.833. The van der Waals surface area contributed by atoms with Gasteiger partial charge in [0.2, 0.25) is 11.8 Å². The van der Waals surface area contributed by atoms with Gasteiger partial charge in [0.25, 0.3) is 0 Å². The maximum atomic E-state index is 11.8. The zero-order chi connectivity index (χ0) is 23.2. The summed E-state index contributed by atoms with van der Waals surface area (Å²) in [5, 5.41) is 37.2. The molecule has 3 amide bonds. The van der Waals surface area contributed by atoms with Crippen molar-refractivity contribution >= 4 is 40.5 Å². The Balaban J connectivity index is 2.24. The summed E-state index contributed by atoms with van der Waals surface area (Å²) in [6, 6.07) is -0.985. The van der Waals surface area contributed by atoms with Gasteiger partial charge in [0.05, 0.1) is 6.61 Å². The summed E-state index contributed by atoms with van der Waals surface area (Å²) >= 11 is 1.92. The van der Waals surface area contributed by atoms with Crippen LogP contribution in [0.15, 0.2) is 0 Å². The summed E-state index contributed by atoms with van der Waals surface area (Å²) in [5.74, 6) is -0.552. The fourth-order valence-electron chi connectivity index (χ4n) is 2.90. The van der Waals surface area contributed by atoms with Crippen LogP contribution in [0.3, 0.4) is 0 Å². The molecule has 0 saturated carbocycles. The fourth-order valence-corrected chi connectivity index (χ4v) is 3.18. The zero-order valence-corrected chi connectivity index (χ0v) is 19.6. The second kappa shape index (κ2) is 15.5. The molecule has 5 atom stereocenters. The van der Waals surface area contributed by atoms with Crippen LogP contribution in [0.4, 0.5) is 4.79 Å². The number of carbonyl (C=O) groups is 3. The number of hydrogen-bond acceptors (Lipinski definition) is 9. The van der Waals surface area contributed by atoms with Crippen molar-refractivity contribution in [2.45, 2.75) is 63.3 Å². The first kappa shape index (κ1) is 27.8. The molecule has 1 saturated heterocycles. The van der Waals surface area contributed by atoms with Crippen molar-refractivity contribution in [1.82, 2.24) is 16.0 Å². The third kappa shape index (κ3) is 10.7. The number of amides is 3. The highest BCUT2D eigenvalue weighted by atomic mass is 127. The van der Waals surface area contributed by atoms with Gasteiger partial charge in [0.1, 0.15) is 29.0 Å². The molecule has 0 aliphatic carbocycles. The average molecular weight is 561 g/mol. The molecule has 0 bridgehead atoms. The maximum Gasteiger partial charge on any atom is 0.407 e. The summed E-state index contributed by atoms with van der Waals surface area (Å²) in [6.45, 7) is 1.77.